The van der Waals surface area contributed by atoms with Crippen molar-refractivity contribution in [3.05, 3.63) is 41.9 Å². The summed E-state index contributed by atoms with van der Waals surface area (Å²) < 4.78 is 46.9. The lowest BCUT2D eigenvalue weighted by Crippen LogP contribution is -2.30. The quantitative estimate of drug-likeness (QED) is 0.662. The summed E-state index contributed by atoms with van der Waals surface area (Å²) in [6.07, 6.45) is -1.16. The molecule has 1 aliphatic carbocycles. The molecular formula is C13H13F3N2O2. The number of rotatable bonds is 3. The fraction of sp³-hybridized carbons (Fsp3) is 0.308. The Balaban J connectivity index is 2.32. The lowest BCUT2D eigenvalue weighted by molar-refractivity contribution is -0.338. The highest BCUT2D eigenvalue weighted by Crippen LogP contribution is 2.35. The summed E-state index contributed by atoms with van der Waals surface area (Å²) in [4.78, 5) is 0. The highest BCUT2D eigenvalue weighted by molar-refractivity contribution is 5.92. The molecule has 20 heavy (non-hydrogen) atoms. The summed E-state index contributed by atoms with van der Waals surface area (Å²) in [6, 6.07) is 2.91. The average molecular weight is 286 g/mol. The fourth-order valence-electron chi connectivity index (χ4n) is 1.99. The number of alkyl halides is 3. The molecule has 2 unspecified atom stereocenters. The first-order valence-corrected chi connectivity index (χ1v) is 5.85. The number of hydrogen-bond donors (Lipinski definition) is 2. The van der Waals surface area contributed by atoms with Crippen molar-refractivity contribution >= 4 is 11.4 Å². The average Bonchev–Trinajstić information content (AvgIpc) is 2.79. The summed E-state index contributed by atoms with van der Waals surface area (Å²) >= 11 is 0. The largest absolute Gasteiger partial charge is 0.523 e. The van der Waals surface area contributed by atoms with Crippen LogP contribution in [-0.2, 0) is 4.74 Å². The van der Waals surface area contributed by atoms with E-state index in [1.54, 1.807) is 19.1 Å². The Kier molecular flexibility index (Phi) is 3.71. The predicted octanol–water partition coefficient (Wildman–Crippen LogP) is 3.06. The van der Waals surface area contributed by atoms with Crippen molar-refractivity contribution in [2.24, 2.45) is 11.7 Å². The maximum absolute atomic E-state index is 12.5. The molecule has 2 rings (SSSR count). The standard InChI is InChI=1S/C13H13F3N2O2/c1-7-3-2-4-8(11(7)20-13(14,15)16)9-5-6-10(19-9)12(17)18/h2-7,11H,1H3,(H3,17,18). The Bertz CT molecular complexity index is 572. The van der Waals surface area contributed by atoms with E-state index in [-0.39, 0.29) is 22.9 Å². The third-order valence-corrected chi connectivity index (χ3v) is 2.89. The van der Waals surface area contributed by atoms with Crippen LogP contribution >= 0.6 is 0 Å². The maximum atomic E-state index is 12.5. The van der Waals surface area contributed by atoms with Gasteiger partial charge in [-0.05, 0) is 12.1 Å². The lowest BCUT2D eigenvalue weighted by Gasteiger charge is -2.27. The van der Waals surface area contributed by atoms with E-state index >= 15 is 0 Å². The van der Waals surface area contributed by atoms with Gasteiger partial charge in [0.2, 0.25) is 0 Å². The summed E-state index contributed by atoms with van der Waals surface area (Å²) in [5.74, 6) is -0.429. The predicted molar refractivity (Wildman–Crippen MR) is 66.9 cm³/mol. The molecular weight excluding hydrogens is 273 g/mol. The molecule has 0 amide bonds. The number of furan rings is 1. The molecule has 7 heteroatoms. The SMILES string of the molecule is CC1C=CC=C(c2ccc(C(=N)N)o2)C1OC(F)(F)F. The smallest absolute Gasteiger partial charge is 0.453 e. The van der Waals surface area contributed by atoms with E-state index in [1.807, 2.05) is 0 Å². The molecule has 0 radical (unpaired) electrons. The van der Waals surface area contributed by atoms with E-state index in [4.69, 9.17) is 15.6 Å². The maximum Gasteiger partial charge on any atom is 0.523 e. The van der Waals surface area contributed by atoms with Gasteiger partial charge in [0.05, 0.1) is 0 Å². The number of nitrogen functional groups attached to an aromatic ring is 1. The van der Waals surface area contributed by atoms with Crippen LogP contribution in [0, 0.1) is 11.3 Å². The number of ether oxygens (including phenoxy) is 1. The number of amidine groups is 1. The second-order valence-corrected chi connectivity index (χ2v) is 4.43. The van der Waals surface area contributed by atoms with E-state index < -0.39 is 18.4 Å². The molecule has 1 aromatic rings. The van der Waals surface area contributed by atoms with E-state index in [0.717, 1.165) is 0 Å². The van der Waals surface area contributed by atoms with Crippen LogP contribution in [0.1, 0.15) is 18.4 Å². The van der Waals surface area contributed by atoms with Crippen molar-refractivity contribution in [2.45, 2.75) is 19.4 Å². The zero-order valence-corrected chi connectivity index (χ0v) is 10.6. The molecule has 0 saturated carbocycles. The highest BCUT2D eigenvalue weighted by atomic mass is 19.4. The van der Waals surface area contributed by atoms with Crippen LogP contribution in [-0.4, -0.2) is 18.3 Å². The molecule has 0 saturated heterocycles. The second kappa shape index (κ2) is 5.16. The minimum absolute atomic E-state index is 0.105. The van der Waals surface area contributed by atoms with E-state index in [9.17, 15) is 13.2 Å². The number of nitrogens with one attached hydrogen (secondary N) is 1. The molecule has 1 aliphatic rings. The highest BCUT2D eigenvalue weighted by Gasteiger charge is 2.38. The first-order valence-electron chi connectivity index (χ1n) is 5.85. The van der Waals surface area contributed by atoms with Crippen molar-refractivity contribution < 1.29 is 22.3 Å². The van der Waals surface area contributed by atoms with Gasteiger partial charge in [-0.25, -0.2) is 0 Å². The van der Waals surface area contributed by atoms with Gasteiger partial charge < -0.3 is 10.2 Å². The van der Waals surface area contributed by atoms with Gasteiger partial charge in [-0.15, -0.1) is 13.2 Å². The Labute approximate surface area is 113 Å². The molecule has 0 bridgehead atoms. The molecule has 0 aliphatic heterocycles. The van der Waals surface area contributed by atoms with Crippen LogP contribution in [0.25, 0.3) is 5.57 Å². The van der Waals surface area contributed by atoms with E-state index in [2.05, 4.69) is 4.74 Å². The molecule has 1 aromatic heterocycles. The fourth-order valence-corrected chi connectivity index (χ4v) is 1.99. The van der Waals surface area contributed by atoms with E-state index in [0.29, 0.717) is 0 Å². The van der Waals surface area contributed by atoms with Crippen molar-refractivity contribution in [2.75, 3.05) is 0 Å². The monoisotopic (exact) mass is 286 g/mol. The summed E-state index contributed by atoms with van der Waals surface area (Å²) in [7, 11) is 0. The lowest BCUT2D eigenvalue weighted by atomic mass is 9.91. The zero-order chi connectivity index (χ0) is 14.9. The molecule has 1 heterocycles. The van der Waals surface area contributed by atoms with Crippen molar-refractivity contribution in [3.63, 3.8) is 0 Å². The molecule has 0 fully saturated rings. The van der Waals surface area contributed by atoms with Crippen LogP contribution in [0.2, 0.25) is 0 Å². The van der Waals surface area contributed by atoms with Gasteiger partial charge in [0.25, 0.3) is 0 Å². The summed E-state index contributed by atoms with van der Waals surface area (Å²) in [5.41, 5.74) is 5.53. The van der Waals surface area contributed by atoms with Crippen molar-refractivity contribution in [1.29, 1.82) is 5.41 Å². The second-order valence-electron chi connectivity index (χ2n) is 4.43. The zero-order valence-electron chi connectivity index (χ0n) is 10.6. The Morgan fingerprint density at radius 2 is 2.10 bits per heavy atom. The first-order chi connectivity index (χ1) is 9.28. The van der Waals surface area contributed by atoms with Gasteiger partial charge in [-0.3, -0.25) is 10.1 Å². The first kappa shape index (κ1) is 14.4. The number of halogens is 3. The molecule has 2 atom stereocenters. The third-order valence-electron chi connectivity index (χ3n) is 2.89. The van der Waals surface area contributed by atoms with Crippen LogP contribution in [0.5, 0.6) is 0 Å². The van der Waals surface area contributed by atoms with Crippen LogP contribution in [0.4, 0.5) is 13.2 Å². The number of hydrogen-bond acceptors (Lipinski definition) is 3. The molecule has 3 N–H and O–H groups in total. The number of nitrogens with two attached hydrogens (primary N) is 1. The molecule has 0 spiro atoms. The summed E-state index contributed by atoms with van der Waals surface area (Å²) in [6.45, 7) is 1.62. The molecule has 108 valence electrons. The summed E-state index contributed by atoms with van der Waals surface area (Å²) in [5, 5.41) is 7.24. The van der Waals surface area contributed by atoms with Gasteiger partial charge in [0.1, 0.15) is 11.9 Å². The Morgan fingerprint density at radius 1 is 1.40 bits per heavy atom. The van der Waals surface area contributed by atoms with Gasteiger partial charge in [0, 0.05) is 11.5 Å². The number of allylic oxidation sites excluding steroid dienone is 2. The van der Waals surface area contributed by atoms with Gasteiger partial charge in [0.15, 0.2) is 11.6 Å². The van der Waals surface area contributed by atoms with Crippen LogP contribution in [0.15, 0.2) is 34.8 Å². The Hall–Kier alpha value is -2.02. The van der Waals surface area contributed by atoms with Gasteiger partial charge in [-0.2, -0.15) is 0 Å². The normalized spacial score (nSPS) is 22.7. The topological polar surface area (TPSA) is 72.2 Å². The van der Waals surface area contributed by atoms with Gasteiger partial charge in [-0.1, -0.05) is 25.2 Å². The molecule has 0 aromatic carbocycles. The van der Waals surface area contributed by atoms with Crippen molar-refractivity contribution in [3.8, 4) is 0 Å². The minimum Gasteiger partial charge on any atom is -0.453 e. The van der Waals surface area contributed by atoms with E-state index in [1.165, 1.54) is 18.2 Å². The van der Waals surface area contributed by atoms with Crippen LogP contribution in [0.3, 0.4) is 0 Å². The minimum atomic E-state index is -4.74. The third kappa shape index (κ3) is 3.11. The van der Waals surface area contributed by atoms with Crippen molar-refractivity contribution in [1.82, 2.24) is 0 Å². The molecule has 4 nitrogen and oxygen atoms in total. The Morgan fingerprint density at radius 3 is 2.65 bits per heavy atom. The van der Waals surface area contributed by atoms with Crippen LogP contribution < -0.4 is 5.73 Å². The van der Waals surface area contributed by atoms with Gasteiger partial charge >= 0.3 is 6.36 Å².